The molecule has 2 aromatic carbocycles. The fraction of sp³-hybridized carbons (Fsp3) is 0.316. The van der Waals surface area contributed by atoms with E-state index in [-0.39, 0.29) is 12.5 Å². The van der Waals surface area contributed by atoms with Gasteiger partial charge in [-0.15, -0.1) is 0 Å². The van der Waals surface area contributed by atoms with Crippen LogP contribution in [0.1, 0.15) is 34.3 Å². The molecule has 0 unspecified atom stereocenters. The SMILES string of the molecule is O=C(c1ccc(OCc2cccc(C(F)(F)F)c2)cc1)N1CCCC1. The predicted molar refractivity (Wildman–Crippen MR) is 87.4 cm³/mol. The molecule has 0 atom stereocenters. The van der Waals surface area contributed by atoms with Crippen molar-refractivity contribution in [3.8, 4) is 5.75 Å². The van der Waals surface area contributed by atoms with Crippen LogP contribution in [0.25, 0.3) is 0 Å². The standard InChI is InChI=1S/C19H18F3NO2/c20-19(21,22)16-5-3-4-14(12-16)13-25-17-8-6-15(7-9-17)18(24)23-10-1-2-11-23/h3-9,12H,1-2,10-11,13H2. The zero-order valence-corrected chi connectivity index (χ0v) is 13.6. The lowest BCUT2D eigenvalue weighted by molar-refractivity contribution is -0.137. The van der Waals surface area contributed by atoms with Gasteiger partial charge in [-0.3, -0.25) is 4.79 Å². The Morgan fingerprint density at radius 2 is 1.72 bits per heavy atom. The number of amides is 1. The molecule has 1 aliphatic rings. The van der Waals surface area contributed by atoms with E-state index >= 15 is 0 Å². The number of halogens is 3. The first-order valence-corrected chi connectivity index (χ1v) is 8.12. The van der Waals surface area contributed by atoms with Crippen LogP contribution in [0.4, 0.5) is 13.2 Å². The van der Waals surface area contributed by atoms with Crippen molar-refractivity contribution in [2.45, 2.75) is 25.6 Å². The summed E-state index contributed by atoms with van der Waals surface area (Å²) in [6, 6.07) is 11.7. The summed E-state index contributed by atoms with van der Waals surface area (Å²) in [5, 5.41) is 0. The summed E-state index contributed by atoms with van der Waals surface area (Å²) in [6.45, 7) is 1.60. The molecule has 1 amide bonds. The third-order valence-electron chi connectivity index (χ3n) is 4.15. The Morgan fingerprint density at radius 1 is 1.04 bits per heavy atom. The van der Waals surface area contributed by atoms with Crippen LogP contribution in [0.15, 0.2) is 48.5 Å². The van der Waals surface area contributed by atoms with Gasteiger partial charge in [-0.1, -0.05) is 12.1 Å². The Hall–Kier alpha value is -2.50. The number of benzene rings is 2. The summed E-state index contributed by atoms with van der Waals surface area (Å²) in [5.74, 6) is 0.511. The lowest BCUT2D eigenvalue weighted by Gasteiger charge is -2.15. The highest BCUT2D eigenvalue weighted by Gasteiger charge is 2.30. The second-order valence-corrected chi connectivity index (χ2v) is 6.01. The first-order valence-electron chi connectivity index (χ1n) is 8.12. The molecule has 6 heteroatoms. The Balaban J connectivity index is 1.61. The van der Waals surface area contributed by atoms with Gasteiger partial charge < -0.3 is 9.64 Å². The monoisotopic (exact) mass is 349 g/mol. The third-order valence-corrected chi connectivity index (χ3v) is 4.15. The zero-order chi connectivity index (χ0) is 17.9. The van der Waals surface area contributed by atoms with Crippen LogP contribution in [0.5, 0.6) is 5.75 Å². The second kappa shape index (κ2) is 7.17. The van der Waals surface area contributed by atoms with Crippen LogP contribution in [0.3, 0.4) is 0 Å². The predicted octanol–water partition coefficient (Wildman–Crippen LogP) is 4.52. The van der Waals surface area contributed by atoms with Crippen LogP contribution in [-0.2, 0) is 12.8 Å². The van der Waals surface area contributed by atoms with Crippen molar-refractivity contribution >= 4 is 5.91 Å². The molecule has 1 fully saturated rings. The first kappa shape index (κ1) is 17.3. The summed E-state index contributed by atoms with van der Waals surface area (Å²) in [4.78, 5) is 14.1. The van der Waals surface area contributed by atoms with Crippen molar-refractivity contribution < 1.29 is 22.7 Å². The smallest absolute Gasteiger partial charge is 0.416 e. The topological polar surface area (TPSA) is 29.5 Å². The van der Waals surface area contributed by atoms with E-state index in [0.29, 0.717) is 16.9 Å². The van der Waals surface area contributed by atoms with Crippen molar-refractivity contribution in [3.63, 3.8) is 0 Å². The minimum atomic E-state index is -4.37. The van der Waals surface area contributed by atoms with Crippen LogP contribution >= 0.6 is 0 Å². The average Bonchev–Trinajstić information content (AvgIpc) is 3.14. The van der Waals surface area contributed by atoms with E-state index < -0.39 is 11.7 Å². The molecule has 25 heavy (non-hydrogen) atoms. The molecule has 1 aliphatic heterocycles. The number of nitrogens with zero attached hydrogens (tertiary/aromatic N) is 1. The molecule has 0 radical (unpaired) electrons. The van der Waals surface area contributed by atoms with Crippen molar-refractivity contribution in [2.75, 3.05) is 13.1 Å². The van der Waals surface area contributed by atoms with E-state index in [0.717, 1.165) is 38.1 Å². The van der Waals surface area contributed by atoms with E-state index in [9.17, 15) is 18.0 Å². The Labute approximate surface area is 144 Å². The molecule has 2 aromatic rings. The fourth-order valence-electron chi connectivity index (χ4n) is 2.80. The Morgan fingerprint density at radius 3 is 2.36 bits per heavy atom. The molecule has 0 saturated carbocycles. The number of hydrogen-bond donors (Lipinski definition) is 0. The van der Waals surface area contributed by atoms with Gasteiger partial charge in [0, 0.05) is 18.7 Å². The van der Waals surface area contributed by atoms with Crippen molar-refractivity contribution in [1.82, 2.24) is 4.90 Å². The number of rotatable bonds is 4. The number of likely N-dealkylation sites (tertiary alicyclic amines) is 1. The van der Waals surface area contributed by atoms with E-state index in [2.05, 4.69) is 0 Å². The number of alkyl halides is 3. The largest absolute Gasteiger partial charge is 0.489 e. The fourth-order valence-corrected chi connectivity index (χ4v) is 2.80. The van der Waals surface area contributed by atoms with Gasteiger partial charge in [0.25, 0.3) is 5.91 Å². The van der Waals surface area contributed by atoms with E-state index in [1.165, 1.54) is 6.07 Å². The van der Waals surface area contributed by atoms with Crippen molar-refractivity contribution in [1.29, 1.82) is 0 Å². The summed E-state index contributed by atoms with van der Waals surface area (Å²) < 4.78 is 43.6. The molecule has 3 nitrogen and oxygen atoms in total. The van der Waals surface area contributed by atoms with Gasteiger partial charge >= 0.3 is 6.18 Å². The van der Waals surface area contributed by atoms with Gasteiger partial charge in [0.1, 0.15) is 12.4 Å². The molecule has 1 heterocycles. The molecule has 3 rings (SSSR count). The van der Waals surface area contributed by atoms with Gasteiger partial charge in [-0.25, -0.2) is 0 Å². The zero-order valence-electron chi connectivity index (χ0n) is 13.6. The normalized spacial score (nSPS) is 14.6. The second-order valence-electron chi connectivity index (χ2n) is 6.01. The number of carbonyl (C=O) groups is 1. The van der Waals surface area contributed by atoms with E-state index in [1.54, 1.807) is 30.3 Å². The van der Waals surface area contributed by atoms with Crippen LogP contribution in [0, 0.1) is 0 Å². The quantitative estimate of drug-likeness (QED) is 0.812. The number of hydrogen-bond acceptors (Lipinski definition) is 2. The maximum atomic E-state index is 12.7. The van der Waals surface area contributed by atoms with Crippen LogP contribution < -0.4 is 4.74 Å². The highest BCUT2D eigenvalue weighted by atomic mass is 19.4. The van der Waals surface area contributed by atoms with Gasteiger partial charge in [0.2, 0.25) is 0 Å². The lowest BCUT2D eigenvalue weighted by atomic mass is 10.1. The highest BCUT2D eigenvalue weighted by molar-refractivity contribution is 5.94. The maximum absolute atomic E-state index is 12.7. The Kier molecular flexibility index (Phi) is 4.97. The molecule has 132 valence electrons. The molecule has 0 spiro atoms. The molecule has 0 N–H and O–H groups in total. The molecule has 1 saturated heterocycles. The maximum Gasteiger partial charge on any atom is 0.416 e. The first-order chi connectivity index (χ1) is 11.9. The molecular formula is C19H18F3NO2. The summed E-state index contributed by atoms with van der Waals surface area (Å²) in [7, 11) is 0. The van der Waals surface area contributed by atoms with Gasteiger partial charge in [0.05, 0.1) is 5.56 Å². The number of carbonyl (C=O) groups excluding carboxylic acids is 1. The van der Waals surface area contributed by atoms with Crippen LogP contribution in [-0.4, -0.2) is 23.9 Å². The summed E-state index contributed by atoms with van der Waals surface area (Å²) >= 11 is 0. The minimum Gasteiger partial charge on any atom is -0.489 e. The Bertz CT molecular complexity index is 735. The van der Waals surface area contributed by atoms with E-state index in [1.807, 2.05) is 4.90 Å². The van der Waals surface area contributed by atoms with Crippen LogP contribution in [0.2, 0.25) is 0 Å². The number of ether oxygens (including phenoxy) is 1. The molecule has 0 aromatic heterocycles. The average molecular weight is 349 g/mol. The van der Waals surface area contributed by atoms with E-state index in [4.69, 9.17) is 4.74 Å². The summed E-state index contributed by atoms with van der Waals surface area (Å²) in [5.41, 5.74) is 0.334. The van der Waals surface area contributed by atoms with Crippen molar-refractivity contribution in [2.24, 2.45) is 0 Å². The molecular weight excluding hydrogens is 331 g/mol. The third kappa shape index (κ3) is 4.32. The molecule has 0 bridgehead atoms. The minimum absolute atomic E-state index is 0.00179. The molecule has 0 aliphatic carbocycles. The van der Waals surface area contributed by atoms with Crippen molar-refractivity contribution in [3.05, 3.63) is 65.2 Å². The van der Waals surface area contributed by atoms with Gasteiger partial charge in [0.15, 0.2) is 0 Å². The highest BCUT2D eigenvalue weighted by Crippen LogP contribution is 2.29. The summed E-state index contributed by atoms with van der Waals surface area (Å²) in [6.07, 6.45) is -2.30. The lowest BCUT2D eigenvalue weighted by Crippen LogP contribution is -2.27. The van der Waals surface area contributed by atoms with Gasteiger partial charge in [-0.2, -0.15) is 13.2 Å². The van der Waals surface area contributed by atoms with Gasteiger partial charge in [-0.05, 0) is 54.8 Å².